The molecule has 27 heavy (non-hydrogen) atoms. The van der Waals surface area contributed by atoms with Gasteiger partial charge in [0.05, 0.1) is 18.1 Å². The fourth-order valence-corrected chi connectivity index (χ4v) is 2.65. The lowest BCUT2D eigenvalue weighted by Gasteiger charge is -2.36. The Morgan fingerprint density at radius 1 is 1.22 bits per heavy atom. The molecule has 0 unspecified atom stereocenters. The van der Waals surface area contributed by atoms with Crippen molar-refractivity contribution >= 4 is 41.5 Å². The largest absolute Gasteiger partial charge is 0.383 e. The van der Waals surface area contributed by atoms with Crippen molar-refractivity contribution in [1.82, 2.24) is 15.1 Å². The van der Waals surface area contributed by atoms with Crippen LogP contribution in [0.2, 0.25) is 0 Å². The van der Waals surface area contributed by atoms with Crippen LogP contribution in [0.5, 0.6) is 0 Å². The van der Waals surface area contributed by atoms with Gasteiger partial charge in [0.15, 0.2) is 5.96 Å². The predicted molar refractivity (Wildman–Crippen MR) is 113 cm³/mol. The SMILES string of the molecule is COCCNC(=NCc1ccc([N+](=O)[O-])cc1)N1CCN(C(C)=O)CC1.I. The number of amides is 1. The molecule has 10 heteroatoms. The molecule has 1 amide bonds. The standard InChI is InChI=1S/C17H25N5O4.HI/c1-14(23)20-8-10-21(11-9-20)17(18-7-12-26-2)19-13-15-3-5-16(6-4-15)22(24)25;/h3-6H,7-13H2,1-2H3,(H,18,19);1H. The van der Waals surface area contributed by atoms with Gasteiger partial charge >= 0.3 is 0 Å². The van der Waals surface area contributed by atoms with Crippen molar-refractivity contribution in [3.05, 3.63) is 39.9 Å². The van der Waals surface area contributed by atoms with Gasteiger partial charge in [-0.15, -0.1) is 24.0 Å². The van der Waals surface area contributed by atoms with Gasteiger partial charge in [0.1, 0.15) is 0 Å². The summed E-state index contributed by atoms with van der Waals surface area (Å²) in [5.41, 5.74) is 0.959. The molecular formula is C17H26IN5O4. The molecule has 1 aliphatic rings. The van der Waals surface area contributed by atoms with Crippen molar-refractivity contribution in [2.24, 2.45) is 4.99 Å². The fraction of sp³-hybridized carbons (Fsp3) is 0.529. The topological polar surface area (TPSA) is 100 Å². The number of benzene rings is 1. The Morgan fingerprint density at radius 3 is 2.33 bits per heavy atom. The number of ether oxygens (including phenoxy) is 1. The van der Waals surface area contributed by atoms with Crippen LogP contribution < -0.4 is 5.32 Å². The Morgan fingerprint density at radius 2 is 1.81 bits per heavy atom. The third-order valence-corrected chi connectivity index (χ3v) is 4.17. The van der Waals surface area contributed by atoms with Crippen LogP contribution in [0.3, 0.4) is 0 Å². The van der Waals surface area contributed by atoms with Gasteiger partial charge in [-0.1, -0.05) is 12.1 Å². The molecule has 1 aromatic rings. The van der Waals surface area contributed by atoms with E-state index >= 15 is 0 Å². The lowest BCUT2D eigenvalue weighted by Crippen LogP contribution is -2.53. The van der Waals surface area contributed by atoms with E-state index in [0.29, 0.717) is 45.9 Å². The zero-order chi connectivity index (χ0) is 18.9. The van der Waals surface area contributed by atoms with Crippen LogP contribution in [-0.4, -0.2) is 73.0 Å². The van der Waals surface area contributed by atoms with Gasteiger partial charge in [-0.2, -0.15) is 0 Å². The summed E-state index contributed by atoms with van der Waals surface area (Å²) in [4.78, 5) is 30.3. The molecular weight excluding hydrogens is 465 g/mol. The van der Waals surface area contributed by atoms with E-state index in [0.717, 1.165) is 11.5 Å². The van der Waals surface area contributed by atoms with Crippen molar-refractivity contribution in [2.45, 2.75) is 13.5 Å². The number of nitrogens with zero attached hydrogens (tertiary/aromatic N) is 4. The predicted octanol–water partition coefficient (Wildman–Crippen LogP) is 1.47. The molecule has 0 spiro atoms. The van der Waals surface area contributed by atoms with E-state index in [1.54, 1.807) is 26.2 Å². The molecule has 1 N–H and O–H groups in total. The number of nitrogens with one attached hydrogen (secondary N) is 1. The van der Waals surface area contributed by atoms with E-state index in [-0.39, 0.29) is 35.6 Å². The fourth-order valence-electron chi connectivity index (χ4n) is 2.65. The number of methoxy groups -OCH3 is 1. The summed E-state index contributed by atoms with van der Waals surface area (Å²) in [6, 6.07) is 6.38. The number of guanidine groups is 1. The van der Waals surface area contributed by atoms with E-state index < -0.39 is 4.92 Å². The summed E-state index contributed by atoms with van der Waals surface area (Å²) in [5.74, 6) is 0.838. The van der Waals surface area contributed by atoms with E-state index in [1.807, 2.05) is 4.90 Å². The lowest BCUT2D eigenvalue weighted by atomic mass is 10.2. The Balaban J connectivity index is 0.00000364. The lowest BCUT2D eigenvalue weighted by molar-refractivity contribution is -0.384. The third kappa shape index (κ3) is 7.29. The number of piperazine rings is 1. The molecule has 0 bridgehead atoms. The second-order valence-corrected chi connectivity index (χ2v) is 5.98. The van der Waals surface area contributed by atoms with Crippen LogP contribution in [0.4, 0.5) is 5.69 Å². The minimum Gasteiger partial charge on any atom is -0.383 e. The van der Waals surface area contributed by atoms with Crippen molar-refractivity contribution in [2.75, 3.05) is 46.4 Å². The van der Waals surface area contributed by atoms with Crippen LogP contribution in [0.25, 0.3) is 0 Å². The maximum atomic E-state index is 11.5. The molecule has 1 heterocycles. The first-order valence-electron chi connectivity index (χ1n) is 8.52. The van der Waals surface area contributed by atoms with Crippen LogP contribution in [0, 0.1) is 10.1 Å². The van der Waals surface area contributed by atoms with Gasteiger partial charge < -0.3 is 19.9 Å². The number of hydrogen-bond acceptors (Lipinski definition) is 5. The van der Waals surface area contributed by atoms with Crippen molar-refractivity contribution in [1.29, 1.82) is 0 Å². The monoisotopic (exact) mass is 491 g/mol. The van der Waals surface area contributed by atoms with Crippen molar-refractivity contribution < 1.29 is 14.5 Å². The number of carbonyl (C=O) groups excluding carboxylic acids is 1. The molecule has 0 saturated carbocycles. The number of hydrogen-bond donors (Lipinski definition) is 1. The molecule has 1 saturated heterocycles. The summed E-state index contributed by atoms with van der Waals surface area (Å²) in [7, 11) is 1.64. The second kappa shape index (κ2) is 11.7. The van der Waals surface area contributed by atoms with Gasteiger partial charge in [-0.25, -0.2) is 4.99 Å². The Kier molecular flexibility index (Phi) is 10.0. The normalized spacial score (nSPS) is 14.5. The van der Waals surface area contributed by atoms with Gasteiger partial charge in [0, 0.05) is 58.9 Å². The zero-order valence-corrected chi connectivity index (χ0v) is 17.9. The van der Waals surface area contributed by atoms with Crippen LogP contribution >= 0.6 is 24.0 Å². The quantitative estimate of drug-likeness (QED) is 0.162. The molecule has 0 aromatic heterocycles. The van der Waals surface area contributed by atoms with E-state index in [4.69, 9.17) is 4.74 Å². The maximum absolute atomic E-state index is 11.5. The summed E-state index contributed by atoms with van der Waals surface area (Å²) < 4.78 is 5.07. The van der Waals surface area contributed by atoms with Crippen molar-refractivity contribution in [3.63, 3.8) is 0 Å². The number of carbonyl (C=O) groups is 1. The van der Waals surface area contributed by atoms with E-state index in [9.17, 15) is 14.9 Å². The summed E-state index contributed by atoms with van der Waals surface area (Å²) in [6.45, 7) is 5.93. The molecule has 1 fully saturated rings. The molecule has 0 radical (unpaired) electrons. The highest BCUT2D eigenvalue weighted by Gasteiger charge is 2.21. The smallest absolute Gasteiger partial charge is 0.269 e. The molecule has 150 valence electrons. The number of nitro groups is 1. The number of halogens is 1. The molecule has 1 aromatic carbocycles. The number of non-ortho nitro benzene ring substituents is 1. The number of rotatable bonds is 6. The third-order valence-electron chi connectivity index (χ3n) is 4.17. The first-order valence-corrected chi connectivity index (χ1v) is 8.52. The average Bonchev–Trinajstić information content (AvgIpc) is 2.65. The Hall–Kier alpha value is -1.95. The van der Waals surface area contributed by atoms with E-state index in [2.05, 4.69) is 15.2 Å². The van der Waals surface area contributed by atoms with Gasteiger partial charge in [-0.05, 0) is 5.56 Å². The van der Waals surface area contributed by atoms with Crippen molar-refractivity contribution in [3.8, 4) is 0 Å². The Bertz CT molecular complexity index is 645. The van der Waals surface area contributed by atoms with Gasteiger partial charge in [-0.3, -0.25) is 14.9 Å². The second-order valence-electron chi connectivity index (χ2n) is 5.98. The summed E-state index contributed by atoms with van der Waals surface area (Å²) >= 11 is 0. The molecule has 1 aliphatic heterocycles. The minimum atomic E-state index is -0.417. The number of aliphatic imine (C=N–C) groups is 1. The molecule has 0 aliphatic carbocycles. The van der Waals surface area contributed by atoms with Gasteiger partial charge in [0.2, 0.25) is 5.91 Å². The van der Waals surface area contributed by atoms with Crippen LogP contribution in [0.1, 0.15) is 12.5 Å². The van der Waals surface area contributed by atoms with Crippen LogP contribution in [0.15, 0.2) is 29.3 Å². The highest BCUT2D eigenvalue weighted by atomic mass is 127. The first-order chi connectivity index (χ1) is 12.5. The number of nitro benzene ring substituents is 1. The summed E-state index contributed by atoms with van der Waals surface area (Å²) in [6.07, 6.45) is 0. The Labute approximate surface area is 175 Å². The highest BCUT2D eigenvalue weighted by molar-refractivity contribution is 14.0. The molecule has 2 rings (SSSR count). The van der Waals surface area contributed by atoms with Crippen LogP contribution in [-0.2, 0) is 16.1 Å². The molecule has 9 nitrogen and oxygen atoms in total. The van der Waals surface area contributed by atoms with Gasteiger partial charge in [0.25, 0.3) is 5.69 Å². The van der Waals surface area contributed by atoms with E-state index in [1.165, 1.54) is 12.1 Å². The highest BCUT2D eigenvalue weighted by Crippen LogP contribution is 2.13. The molecule has 0 atom stereocenters. The average molecular weight is 491 g/mol. The summed E-state index contributed by atoms with van der Waals surface area (Å²) in [5, 5.41) is 14.0. The first kappa shape index (κ1) is 23.1. The maximum Gasteiger partial charge on any atom is 0.269 e. The minimum absolute atomic E-state index is 0. The zero-order valence-electron chi connectivity index (χ0n) is 15.6.